The van der Waals surface area contributed by atoms with Crippen LogP contribution in [0.25, 0.3) is 0 Å². The average Bonchev–Trinajstić information content (AvgIpc) is 3.72. The van der Waals surface area contributed by atoms with Gasteiger partial charge in [-0.2, -0.15) is 13.2 Å². The molecule has 1 aliphatic heterocycles. The van der Waals surface area contributed by atoms with Gasteiger partial charge in [-0.1, -0.05) is 62.9 Å². The number of benzene rings is 2. The maximum absolute atomic E-state index is 13.6. The Kier molecular flexibility index (Phi) is 7.97. The third-order valence-corrected chi connectivity index (χ3v) is 7.48. The van der Waals surface area contributed by atoms with Crippen molar-refractivity contribution in [2.75, 3.05) is 11.9 Å². The first-order valence-electron chi connectivity index (χ1n) is 13.1. The van der Waals surface area contributed by atoms with Crippen LogP contribution in [0.3, 0.4) is 0 Å². The topological polar surface area (TPSA) is 82.0 Å². The summed E-state index contributed by atoms with van der Waals surface area (Å²) in [4.78, 5) is 33.1. The van der Waals surface area contributed by atoms with Crippen molar-refractivity contribution in [3.05, 3.63) is 65.2 Å². The lowest BCUT2D eigenvalue weighted by Crippen LogP contribution is -2.52. The second kappa shape index (κ2) is 10.9. The number of para-hydroxylation sites is 1. The van der Waals surface area contributed by atoms with Crippen molar-refractivity contribution in [3.8, 4) is 0 Å². The standard InChI is InChI=1S/C29H34F3N3O3/c1-4-5-16-28(2,38)22(17-18-10-11-18)26(36)34-25-27(37)35(3)23-9-7-6-8-21(23)24(33-25)19-12-14-20(15-13-19)29(30,31)32/h6-9,12-15,18,22,25,38H,4-5,10-11,16-17H2,1-3H3,(H,34,36)/t22-,25?,28+/m1/s1. The maximum atomic E-state index is 13.6. The number of hydrogen-bond acceptors (Lipinski definition) is 4. The highest BCUT2D eigenvalue weighted by Crippen LogP contribution is 2.40. The molecule has 2 aromatic carbocycles. The minimum absolute atomic E-state index is 0.300. The van der Waals surface area contributed by atoms with Gasteiger partial charge in [-0.05, 0) is 43.9 Å². The summed E-state index contributed by atoms with van der Waals surface area (Å²) in [5.41, 5.74) is -0.266. The van der Waals surface area contributed by atoms with E-state index in [0.29, 0.717) is 41.3 Å². The number of rotatable bonds is 9. The quantitative estimate of drug-likeness (QED) is 0.461. The Morgan fingerprint density at radius 3 is 2.42 bits per heavy atom. The molecular formula is C29H34F3N3O3. The summed E-state index contributed by atoms with van der Waals surface area (Å²) in [7, 11) is 1.57. The van der Waals surface area contributed by atoms with Gasteiger partial charge in [0.15, 0.2) is 0 Å². The van der Waals surface area contributed by atoms with E-state index >= 15 is 0 Å². The Balaban J connectivity index is 1.71. The number of hydrogen-bond donors (Lipinski definition) is 2. The molecule has 4 rings (SSSR count). The van der Waals surface area contributed by atoms with Crippen LogP contribution in [0.1, 0.15) is 69.1 Å². The number of amides is 2. The minimum atomic E-state index is -4.49. The van der Waals surface area contributed by atoms with Crippen molar-refractivity contribution in [2.45, 2.75) is 70.3 Å². The number of nitrogens with one attached hydrogen (secondary N) is 1. The van der Waals surface area contributed by atoms with Crippen molar-refractivity contribution in [1.29, 1.82) is 0 Å². The number of aliphatic imine (C=N–C) groups is 1. The molecule has 0 bridgehead atoms. The number of fused-ring (bicyclic) bond motifs is 1. The number of aliphatic hydroxyl groups is 1. The lowest BCUT2D eigenvalue weighted by molar-refractivity contribution is -0.138. The lowest BCUT2D eigenvalue weighted by atomic mass is 9.80. The molecule has 1 unspecified atom stereocenters. The number of carbonyl (C=O) groups excluding carboxylic acids is 2. The van der Waals surface area contributed by atoms with Gasteiger partial charge in [0.05, 0.1) is 28.5 Å². The summed E-state index contributed by atoms with van der Waals surface area (Å²) in [5.74, 6) is -1.28. The van der Waals surface area contributed by atoms with E-state index in [-0.39, 0.29) is 0 Å². The highest BCUT2D eigenvalue weighted by atomic mass is 19.4. The zero-order chi connectivity index (χ0) is 27.7. The average molecular weight is 530 g/mol. The predicted octanol–water partition coefficient (Wildman–Crippen LogP) is 5.32. The van der Waals surface area contributed by atoms with E-state index in [2.05, 4.69) is 10.3 Å². The van der Waals surface area contributed by atoms with E-state index in [4.69, 9.17) is 0 Å². The summed E-state index contributed by atoms with van der Waals surface area (Å²) < 4.78 is 39.5. The van der Waals surface area contributed by atoms with Gasteiger partial charge in [0, 0.05) is 18.2 Å². The van der Waals surface area contributed by atoms with E-state index in [1.165, 1.54) is 17.0 Å². The van der Waals surface area contributed by atoms with Gasteiger partial charge in [-0.25, -0.2) is 4.99 Å². The van der Waals surface area contributed by atoms with Crippen molar-refractivity contribution in [3.63, 3.8) is 0 Å². The van der Waals surface area contributed by atoms with Crippen LogP contribution in [0, 0.1) is 11.8 Å². The van der Waals surface area contributed by atoms with E-state index in [9.17, 15) is 27.9 Å². The summed E-state index contributed by atoms with van der Waals surface area (Å²) in [6.45, 7) is 3.68. The van der Waals surface area contributed by atoms with Gasteiger partial charge in [-0.15, -0.1) is 0 Å². The Morgan fingerprint density at radius 1 is 1.16 bits per heavy atom. The van der Waals surface area contributed by atoms with Gasteiger partial charge in [0.25, 0.3) is 5.91 Å². The molecule has 1 saturated carbocycles. The van der Waals surface area contributed by atoms with Crippen LogP contribution in [-0.4, -0.2) is 41.4 Å². The first kappa shape index (κ1) is 27.8. The zero-order valence-corrected chi connectivity index (χ0v) is 21.9. The zero-order valence-electron chi connectivity index (χ0n) is 21.9. The molecule has 2 N–H and O–H groups in total. The molecular weight excluding hydrogens is 495 g/mol. The number of likely N-dealkylation sites (N-methyl/N-ethyl adjacent to an activating group) is 1. The van der Waals surface area contributed by atoms with E-state index in [1.54, 1.807) is 38.2 Å². The summed E-state index contributed by atoms with van der Waals surface area (Å²) in [6.07, 6.45) is -1.17. The number of anilines is 1. The predicted molar refractivity (Wildman–Crippen MR) is 140 cm³/mol. The highest BCUT2D eigenvalue weighted by molar-refractivity contribution is 6.20. The molecule has 204 valence electrons. The Morgan fingerprint density at radius 2 is 1.82 bits per heavy atom. The first-order chi connectivity index (χ1) is 17.9. The van der Waals surface area contributed by atoms with Crippen molar-refractivity contribution >= 4 is 23.2 Å². The van der Waals surface area contributed by atoms with Crippen LogP contribution in [0.15, 0.2) is 53.5 Å². The molecule has 1 heterocycles. The molecule has 0 saturated heterocycles. The molecule has 1 fully saturated rings. The Labute approximate surface area is 220 Å². The molecule has 0 spiro atoms. The number of unbranched alkanes of at least 4 members (excludes halogenated alkanes) is 1. The molecule has 3 atom stereocenters. The van der Waals surface area contributed by atoms with E-state index in [1.807, 2.05) is 6.92 Å². The lowest BCUT2D eigenvalue weighted by Gasteiger charge is -2.33. The third-order valence-electron chi connectivity index (χ3n) is 7.48. The fourth-order valence-corrected chi connectivity index (χ4v) is 4.94. The van der Waals surface area contributed by atoms with Gasteiger partial charge >= 0.3 is 6.18 Å². The number of nitrogens with zero attached hydrogens (tertiary/aromatic N) is 2. The maximum Gasteiger partial charge on any atom is 0.416 e. The van der Waals surface area contributed by atoms with Crippen molar-refractivity contribution < 1.29 is 27.9 Å². The third kappa shape index (κ3) is 6.09. The first-order valence-corrected chi connectivity index (χ1v) is 13.1. The molecule has 1 aliphatic carbocycles. The monoisotopic (exact) mass is 529 g/mol. The fraction of sp³-hybridized carbons (Fsp3) is 0.483. The smallest absolute Gasteiger partial charge is 0.389 e. The number of alkyl halides is 3. The summed E-state index contributed by atoms with van der Waals surface area (Å²) in [6, 6.07) is 11.6. The molecule has 0 radical (unpaired) electrons. The number of benzodiazepines with no additional fused rings is 1. The van der Waals surface area contributed by atoms with Crippen LogP contribution < -0.4 is 10.2 Å². The van der Waals surface area contributed by atoms with E-state index < -0.39 is 41.2 Å². The van der Waals surface area contributed by atoms with Crippen LogP contribution in [-0.2, 0) is 15.8 Å². The SMILES string of the molecule is CCCC[C@](C)(O)[C@H](CC1CC1)C(=O)NC1N=C(c2ccc(C(F)(F)F)cc2)c2ccccc2N(C)C1=O. The van der Waals surface area contributed by atoms with E-state index in [0.717, 1.165) is 37.8 Å². The number of carbonyl (C=O) groups is 2. The molecule has 6 nitrogen and oxygen atoms in total. The van der Waals surface area contributed by atoms with Crippen molar-refractivity contribution in [2.24, 2.45) is 16.8 Å². The van der Waals surface area contributed by atoms with Crippen molar-refractivity contribution in [1.82, 2.24) is 5.32 Å². The van der Waals surface area contributed by atoms with Gasteiger partial charge in [0.1, 0.15) is 0 Å². The van der Waals surface area contributed by atoms with Gasteiger partial charge in [-0.3, -0.25) is 9.59 Å². The number of halogens is 3. The van der Waals surface area contributed by atoms with Crippen LogP contribution >= 0.6 is 0 Å². The molecule has 0 aromatic heterocycles. The highest BCUT2D eigenvalue weighted by Gasteiger charge is 2.42. The molecule has 2 aliphatic rings. The summed E-state index contributed by atoms with van der Waals surface area (Å²) in [5, 5.41) is 14.0. The molecule has 38 heavy (non-hydrogen) atoms. The Bertz CT molecular complexity index is 1200. The Hall–Kier alpha value is -3.20. The van der Waals surface area contributed by atoms with Gasteiger partial charge < -0.3 is 15.3 Å². The minimum Gasteiger partial charge on any atom is -0.389 e. The molecule has 2 amide bonds. The summed E-state index contributed by atoms with van der Waals surface area (Å²) >= 11 is 0. The van der Waals surface area contributed by atoms with Crippen LogP contribution in [0.4, 0.5) is 18.9 Å². The largest absolute Gasteiger partial charge is 0.416 e. The second-order valence-corrected chi connectivity index (χ2v) is 10.6. The molecule has 2 aromatic rings. The van der Waals surface area contributed by atoms with Gasteiger partial charge in [0.2, 0.25) is 12.1 Å². The fourth-order valence-electron chi connectivity index (χ4n) is 4.94. The molecule has 9 heteroatoms. The second-order valence-electron chi connectivity index (χ2n) is 10.6. The van der Waals surface area contributed by atoms with Crippen LogP contribution in [0.2, 0.25) is 0 Å². The van der Waals surface area contributed by atoms with Crippen LogP contribution in [0.5, 0.6) is 0 Å². The normalized spacial score (nSPS) is 20.2.